The SMILES string of the molecule is COCc1nc(CC(C)(O)C(=O)O)cs1. The first-order valence-electron chi connectivity index (χ1n) is 4.33. The molecule has 1 atom stereocenters. The van der Waals surface area contributed by atoms with Gasteiger partial charge in [0, 0.05) is 18.9 Å². The van der Waals surface area contributed by atoms with E-state index in [0.717, 1.165) is 5.01 Å². The van der Waals surface area contributed by atoms with Gasteiger partial charge in [0.2, 0.25) is 0 Å². The molecule has 0 bridgehead atoms. The minimum absolute atomic E-state index is 0.00253. The van der Waals surface area contributed by atoms with E-state index in [1.54, 1.807) is 12.5 Å². The highest BCUT2D eigenvalue weighted by atomic mass is 32.1. The lowest BCUT2D eigenvalue weighted by Crippen LogP contribution is -2.37. The Morgan fingerprint density at radius 3 is 2.93 bits per heavy atom. The first kappa shape index (κ1) is 12.1. The molecule has 0 aliphatic rings. The van der Waals surface area contributed by atoms with Crippen molar-refractivity contribution in [1.29, 1.82) is 0 Å². The van der Waals surface area contributed by atoms with Crippen molar-refractivity contribution in [1.82, 2.24) is 4.98 Å². The average Bonchev–Trinajstić information content (AvgIpc) is 2.52. The van der Waals surface area contributed by atoms with Crippen LogP contribution in [0.3, 0.4) is 0 Å². The Labute approximate surface area is 91.3 Å². The van der Waals surface area contributed by atoms with Gasteiger partial charge >= 0.3 is 5.97 Å². The van der Waals surface area contributed by atoms with E-state index in [4.69, 9.17) is 9.84 Å². The van der Waals surface area contributed by atoms with Crippen LogP contribution in [0.2, 0.25) is 0 Å². The number of carboxylic acids is 1. The molecule has 84 valence electrons. The molecule has 15 heavy (non-hydrogen) atoms. The first-order chi connectivity index (χ1) is 6.95. The van der Waals surface area contributed by atoms with Crippen molar-refractivity contribution in [2.45, 2.75) is 25.6 Å². The minimum atomic E-state index is -1.77. The van der Waals surface area contributed by atoms with Crippen molar-refractivity contribution >= 4 is 17.3 Å². The fourth-order valence-electron chi connectivity index (χ4n) is 1.05. The third-order valence-electron chi connectivity index (χ3n) is 1.85. The molecular formula is C9H13NO4S. The Bertz CT molecular complexity index is 348. The largest absolute Gasteiger partial charge is 0.479 e. The number of carbonyl (C=O) groups is 1. The summed E-state index contributed by atoms with van der Waals surface area (Å²) < 4.78 is 4.89. The van der Waals surface area contributed by atoms with Crippen LogP contribution < -0.4 is 0 Å². The molecule has 0 saturated carbocycles. The van der Waals surface area contributed by atoms with Crippen LogP contribution in [-0.4, -0.2) is 33.9 Å². The fourth-order valence-corrected chi connectivity index (χ4v) is 1.81. The number of rotatable bonds is 5. The van der Waals surface area contributed by atoms with Crippen LogP contribution in [-0.2, 0) is 22.6 Å². The van der Waals surface area contributed by atoms with E-state index in [2.05, 4.69) is 4.98 Å². The van der Waals surface area contributed by atoms with Crippen LogP contribution in [0.1, 0.15) is 17.6 Å². The van der Waals surface area contributed by atoms with Gasteiger partial charge in [0.15, 0.2) is 5.60 Å². The van der Waals surface area contributed by atoms with Gasteiger partial charge in [0.05, 0.1) is 12.3 Å². The van der Waals surface area contributed by atoms with Crippen molar-refractivity contribution in [2.75, 3.05) is 7.11 Å². The number of thiazole rings is 1. The fraction of sp³-hybridized carbons (Fsp3) is 0.556. The minimum Gasteiger partial charge on any atom is -0.479 e. The highest BCUT2D eigenvalue weighted by Crippen LogP contribution is 2.17. The van der Waals surface area contributed by atoms with E-state index in [0.29, 0.717) is 12.3 Å². The summed E-state index contributed by atoms with van der Waals surface area (Å²) in [5.74, 6) is -1.25. The Morgan fingerprint density at radius 1 is 1.73 bits per heavy atom. The van der Waals surface area contributed by atoms with Crippen molar-refractivity contribution in [3.05, 3.63) is 16.1 Å². The van der Waals surface area contributed by atoms with Crippen LogP contribution in [0.15, 0.2) is 5.38 Å². The molecule has 0 amide bonds. The van der Waals surface area contributed by atoms with Gasteiger partial charge in [0.1, 0.15) is 5.01 Å². The normalized spacial score (nSPS) is 14.9. The summed E-state index contributed by atoms with van der Waals surface area (Å²) in [4.78, 5) is 14.8. The lowest BCUT2D eigenvalue weighted by atomic mass is 10.0. The maximum atomic E-state index is 10.7. The van der Waals surface area contributed by atoms with Gasteiger partial charge in [0.25, 0.3) is 0 Å². The van der Waals surface area contributed by atoms with E-state index in [9.17, 15) is 9.90 Å². The number of aliphatic carboxylic acids is 1. The molecule has 0 fully saturated rings. The number of hydrogen-bond acceptors (Lipinski definition) is 5. The lowest BCUT2D eigenvalue weighted by Gasteiger charge is -2.15. The maximum absolute atomic E-state index is 10.7. The van der Waals surface area contributed by atoms with Crippen LogP contribution in [0.25, 0.3) is 0 Å². The van der Waals surface area contributed by atoms with Gasteiger partial charge in [-0.3, -0.25) is 0 Å². The van der Waals surface area contributed by atoms with E-state index in [1.807, 2.05) is 0 Å². The number of aliphatic hydroxyl groups is 1. The van der Waals surface area contributed by atoms with Gasteiger partial charge < -0.3 is 14.9 Å². The predicted molar refractivity (Wildman–Crippen MR) is 54.8 cm³/mol. The van der Waals surface area contributed by atoms with Gasteiger partial charge in [-0.2, -0.15) is 0 Å². The zero-order valence-electron chi connectivity index (χ0n) is 8.56. The summed E-state index contributed by atoms with van der Waals surface area (Å²) >= 11 is 1.39. The molecule has 0 spiro atoms. The van der Waals surface area contributed by atoms with E-state index < -0.39 is 11.6 Å². The Balaban J connectivity index is 2.68. The van der Waals surface area contributed by atoms with E-state index >= 15 is 0 Å². The first-order valence-corrected chi connectivity index (χ1v) is 5.21. The summed E-state index contributed by atoms with van der Waals surface area (Å²) in [5.41, 5.74) is -1.20. The second-order valence-electron chi connectivity index (χ2n) is 3.42. The highest BCUT2D eigenvalue weighted by Gasteiger charge is 2.30. The number of nitrogens with zero attached hydrogens (tertiary/aromatic N) is 1. The Hall–Kier alpha value is -0.980. The Kier molecular flexibility index (Phi) is 3.78. The van der Waals surface area contributed by atoms with Gasteiger partial charge in [-0.25, -0.2) is 9.78 Å². The van der Waals surface area contributed by atoms with Gasteiger partial charge in [-0.15, -0.1) is 11.3 Å². The average molecular weight is 231 g/mol. The third-order valence-corrected chi connectivity index (χ3v) is 2.72. The molecule has 6 heteroatoms. The quantitative estimate of drug-likeness (QED) is 0.778. The standard InChI is InChI=1S/C9H13NO4S/c1-9(13,8(11)12)3-6-5-15-7(10-6)4-14-2/h5,13H,3-4H2,1-2H3,(H,11,12). The zero-order valence-corrected chi connectivity index (χ0v) is 9.37. The molecule has 1 heterocycles. The molecule has 1 rings (SSSR count). The summed E-state index contributed by atoms with van der Waals surface area (Å²) in [6.45, 7) is 1.66. The van der Waals surface area contributed by atoms with E-state index in [1.165, 1.54) is 18.3 Å². The predicted octanol–water partition coefficient (Wildman–Crippen LogP) is 0.668. The molecule has 1 unspecified atom stereocenters. The summed E-state index contributed by atoms with van der Waals surface area (Å²) in [7, 11) is 1.56. The molecule has 0 aromatic carbocycles. The number of methoxy groups -OCH3 is 1. The molecule has 5 nitrogen and oxygen atoms in total. The summed E-state index contributed by atoms with van der Waals surface area (Å²) in [5, 5.41) is 20.7. The van der Waals surface area contributed by atoms with Crippen molar-refractivity contribution in [2.24, 2.45) is 0 Å². The van der Waals surface area contributed by atoms with Crippen molar-refractivity contribution < 1.29 is 19.7 Å². The molecule has 1 aromatic rings. The van der Waals surface area contributed by atoms with Gasteiger partial charge in [-0.05, 0) is 6.92 Å². The topological polar surface area (TPSA) is 79.7 Å². The van der Waals surface area contributed by atoms with E-state index in [-0.39, 0.29) is 6.42 Å². The zero-order chi connectivity index (χ0) is 11.5. The molecule has 0 saturated heterocycles. The number of aromatic nitrogens is 1. The number of carboxylic acid groups (broad SMARTS) is 1. The molecule has 2 N–H and O–H groups in total. The molecule has 0 aliphatic carbocycles. The van der Waals surface area contributed by atoms with Crippen molar-refractivity contribution in [3.63, 3.8) is 0 Å². The smallest absolute Gasteiger partial charge is 0.335 e. The second kappa shape index (κ2) is 4.69. The highest BCUT2D eigenvalue weighted by molar-refractivity contribution is 7.09. The summed E-state index contributed by atoms with van der Waals surface area (Å²) in [6.07, 6.45) is 0.00253. The van der Waals surface area contributed by atoms with Gasteiger partial charge in [-0.1, -0.05) is 0 Å². The second-order valence-corrected chi connectivity index (χ2v) is 4.36. The van der Waals surface area contributed by atoms with Crippen LogP contribution >= 0.6 is 11.3 Å². The number of ether oxygens (including phenoxy) is 1. The molecule has 0 radical (unpaired) electrons. The Morgan fingerprint density at radius 2 is 2.40 bits per heavy atom. The maximum Gasteiger partial charge on any atom is 0.335 e. The monoisotopic (exact) mass is 231 g/mol. The summed E-state index contributed by atoms with van der Waals surface area (Å²) in [6, 6.07) is 0. The lowest BCUT2D eigenvalue weighted by molar-refractivity contribution is -0.156. The third kappa shape index (κ3) is 3.26. The number of hydrogen-bond donors (Lipinski definition) is 2. The van der Waals surface area contributed by atoms with Crippen LogP contribution in [0.5, 0.6) is 0 Å². The van der Waals surface area contributed by atoms with Crippen molar-refractivity contribution in [3.8, 4) is 0 Å². The van der Waals surface area contributed by atoms with Crippen LogP contribution in [0.4, 0.5) is 0 Å². The molecule has 1 aromatic heterocycles. The molecular weight excluding hydrogens is 218 g/mol. The molecule has 0 aliphatic heterocycles. The van der Waals surface area contributed by atoms with Crippen LogP contribution in [0, 0.1) is 0 Å².